The molecule has 0 aromatic rings. The first-order chi connectivity index (χ1) is 9.24. The maximum absolute atomic E-state index is 12.1. The third-order valence-electron chi connectivity index (χ3n) is 2.42. The molecule has 0 rings (SSSR count). The van der Waals surface area contributed by atoms with Gasteiger partial charge in [-0.1, -0.05) is 13.8 Å². The van der Waals surface area contributed by atoms with Gasteiger partial charge >= 0.3 is 6.18 Å². The lowest BCUT2D eigenvalue weighted by Crippen LogP contribution is -2.39. The van der Waals surface area contributed by atoms with Crippen molar-refractivity contribution >= 4 is 29.9 Å². The van der Waals surface area contributed by atoms with Gasteiger partial charge in [0.05, 0.1) is 6.54 Å². The van der Waals surface area contributed by atoms with Crippen LogP contribution >= 0.6 is 24.0 Å². The molecule has 0 aliphatic heterocycles. The van der Waals surface area contributed by atoms with E-state index in [0.717, 1.165) is 19.0 Å². The fourth-order valence-electron chi connectivity index (χ4n) is 1.56. The number of alkyl halides is 3. The van der Waals surface area contributed by atoms with Crippen LogP contribution in [0.25, 0.3) is 0 Å². The molecular weight excluding hydrogens is 396 g/mol. The number of halogens is 4. The lowest BCUT2D eigenvalue weighted by atomic mass is 10.2. The Morgan fingerprint density at radius 1 is 1.24 bits per heavy atom. The minimum Gasteiger partial charge on any atom is -0.357 e. The van der Waals surface area contributed by atoms with E-state index in [-0.39, 0.29) is 24.0 Å². The van der Waals surface area contributed by atoms with Crippen LogP contribution in [0.4, 0.5) is 13.2 Å². The van der Waals surface area contributed by atoms with E-state index in [1.807, 2.05) is 6.92 Å². The number of nitrogens with one attached hydrogen (secondary N) is 2. The molecule has 0 spiro atoms. The largest absolute Gasteiger partial charge is 0.401 e. The fourth-order valence-corrected chi connectivity index (χ4v) is 1.56. The van der Waals surface area contributed by atoms with Crippen LogP contribution in [0, 0.1) is 5.92 Å². The van der Waals surface area contributed by atoms with Crippen LogP contribution in [-0.4, -0.2) is 56.8 Å². The topological polar surface area (TPSA) is 39.7 Å². The Balaban J connectivity index is 0. The number of guanidine groups is 1. The van der Waals surface area contributed by atoms with Gasteiger partial charge in [0.1, 0.15) is 0 Å². The second-order valence-corrected chi connectivity index (χ2v) is 5.25. The molecule has 0 bridgehead atoms. The molecular formula is C13H28F3IN4. The van der Waals surface area contributed by atoms with Crippen LogP contribution in [0.2, 0.25) is 0 Å². The summed E-state index contributed by atoms with van der Waals surface area (Å²) in [4.78, 5) is 5.67. The molecule has 0 aromatic carbocycles. The van der Waals surface area contributed by atoms with E-state index in [2.05, 4.69) is 29.5 Å². The quantitative estimate of drug-likeness (QED) is 0.273. The van der Waals surface area contributed by atoms with Crippen LogP contribution in [0.15, 0.2) is 4.99 Å². The molecule has 0 heterocycles. The van der Waals surface area contributed by atoms with Gasteiger partial charge in [-0.2, -0.15) is 13.2 Å². The van der Waals surface area contributed by atoms with Gasteiger partial charge in [0.15, 0.2) is 5.96 Å². The van der Waals surface area contributed by atoms with Crippen molar-refractivity contribution in [3.63, 3.8) is 0 Å². The Labute approximate surface area is 143 Å². The van der Waals surface area contributed by atoms with Crippen LogP contribution in [0.3, 0.4) is 0 Å². The lowest BCUT2D eigenvalue weighted by molar-refractivity contribution is -0.143. The van der Waals surface area contributed by atoms with Crippen molar-refractivity contribution in [3.8, 4) is 0 Å². The molecule has 0 aromatic heterocycles. The summed E-state index contributed by atoms with van der Waals surface area (Å²) in [6.45, 7) is 7.76. The molecule has 0 aliphatic carbocycles. The van der Waals surface area contributed by atoms with Gasteiger partial charge < -0.3 is 10.6 Å². The Kier molecular flexibility index (Phi) is 13.5. The van der Waals surface area contributed by atoms with Crippen LogP contribution in [0.1, 0.15) is 27.2 Å². The van der Waals surface area contributed by atoms with Crippen molar-refractivity contribution in [2.75, 3.05) is 39.8 Å². The maximum Gasteiger partial charge on any atom is 0.401 e. The number of nitrogens with zero attached hydrogens (tertiary/aromatic N) is 2. The first kappa shape index (κ1) is 23.0. The van der Waals surface area contributed by atoms with E-state index in [0.29, 0.717) is 25.4 Å². The number of hydrogen-bond donors (Lipinski definition) is 2. The Hall–Kier alpha value is -0.250. The zero-order chi connectivity index (χ0) is 15.6. The minimum absolute atomic E-state index is 0. The Morgan fingerprint density at radius 2 is 1.86 bits per heavy atom. The van der Waals surface area contributed by atoms with Gasteiger partial charge in [-0.15, -0.1) is 24.0 Å². The zero-order valence-electron chi connectivity index (χ0n) is 13.3. The van der Waals surface area contributed by atoms with Crippen molar-refractivity contribution in [2.45, 2.75) is 33.4 Å². The molecule has 0 unspecified atom stereocenters. The van der Waals surface area contributed by atoms with Crippen LogP contribution in [-0.2, 0) is 0 Å². The van der Waals surface area contributed by atoms with E-state index < -0.39 is 12.7 Å². The average molecular weight is 424 g/mol. The van der Waals surface area contributed by atoms with Gasteiger partial charge in [-0.05, 0) is 32.9 Å². The van der Waals surface area contributed by atoms with Crippen molar-refractivity contribution in [3.05, 3.63) is 0 Å². The molecule has 0 saturated carbocycles. The summed E-state index contributed by atoms with van der Waals surface area (Å²) in [6.07, 6.45) is -3.49. The fraction of sp³-hybridized carbons (Fsp3) is 0.923. The molecule has 0 saturated heterocycles. The van der Waals surface area contributed by atoms with Gasteiger partial charge in [0.25, 0.3) is 0 Å². The summed E-state index contributed by atoms with van der Waals surface area (Å²) in [5, 5.41) is 6.23. The van der Waals surface area contributed by atoms with Gasteiger partial charge in [0.2, 0.25) is 0 Å². The van der Waals surface area contributed by atoms with Gasteiger partial charge in [0, 0.05) is 19.6 Å². The van der Waals surface area contributed by atoms with E-state index in [1.54, 1.807) is 0 Å². The second-order valence-electron chi connectivity index (χ2n) is 5.25. The third kappa shape index (κ3) is 16.0. The smallest absolute Gasteiger partial charge is 0.357 e. The average Bonchev–Trinajstić information content (AvgIpc) is 2.28. The molecule has 0 radical (unpaired) electrons. The molecule has 0 aliphatic rings. The first-order valence-electron chi connectivity index (χ1n) is 7.02. The summed E-state index contributed by atoms with van der Waals surface area (Å²) < 4.78 is 36.4. The predicted octanol–water partition coefficient (Wildman–Crippen LogP) is 2.70. The Bertz CT molecular complexity index is 283. The summed E-state index contributed by atoms with van der Waals surface area (Å²) in [7, 11) is 1.48. The van der Waals surface area contributed by atoms with Crippen molar-refractivity contribution in [1.29, 1.82) is 0 Å². The normalized spacial score (nSPS) is 12.5. The van der Waals surface area contributed by atoms with Crippen LogP contribution in [0.5, 0.6) is 0 Å². The number of rotatable bonds is 8. The molecule has 0 amide bonds. The van der Waals surface area contributed by atoms with Gasteiger partial charge in [-0.3, -0.25) is 9.89 Å². The summed E-state index contributed by atoms with van der Waals surface area (Å²) in [6, 6.07) is 0. The van der Waals surface area contributed by atoms with Crippen molar-refractivity contribution in [1.82, 2.24) is 15.5 Å². The summed E-state index contributed by atoms with van der Waals surface area (Å²) >= 11 is 0. The number of hydrogen-bond acceptors (Lipinski definition) is 2. The molecule has 8 heteroatoms. The molecule has 21 heavy (non-hydrogen) atoms. The Morgan fingerprint density at radius 3 is 2.33 bits per heavy atom. The zero-order valence-corrected chi connectivity index (χ0v) is 15.6. The predicted molar refractivity (Wildman–Crippen MR) is 92.4 cm³/mol. The standard InChI is InChI=1S/C13H27F3N4.HI/c1-5-17-12(19-9-11(2)3)18-7-6-8-20(4)10-13(14,15)16;/h11H,5-10H2,1-4H3,(H2,17,18,19);1H. The van der Waals surface area contributed by atoms with E-state index >= 15 is 0 Å². The molecule has 0 fully saturated rings. The van der Waals surface area contributed by atoms with Crippen LogP contribution < -0.4 is 10.6 Å². The molecule has 2 N–H and O–H groups in total. The lowest BCUT2D eigenvalue weighted by Gasteiger charge is -2.19. The van der Waals surface area contributed by atoms with Crippen molar-refractivity contribution in [2.24, 2.45) is 10.9 Å². The second kappa shape index (κ2) is 12.3. The van der Waals surface area contributed by atoms with Crippen molar-refractivity contribution < 1.29 is 13.2 Å². The highest BCUT2D eigenvalue weighted by atomic mass is 127. The monoisotopic (exact) mass is 424 g/mol. The van der Waals surface area contributed by atoms with E-state index in [4.69, 9.17) is 0 Å². The molecule has 0 atom stereocenters. The maximum atomic E-state index is 12.1. The summed E-state index contributed by atoms with van der Waals surface area (Å²) in [5.41, 5.74) is 0. The minimum atomic E-state index is -4.13. The molecule has 128 valence electrons. The first-order valence-corrected chi connectivity index (χ1v) is 7.02. The highest BCUT2D eigenvalue weighted by Crippen LogP contribution is 2.15. The number of aliphatic imine (C=N–C) groups is 1. The highest BCUT2D eigenvalue weighted by molar-refractivity contribution is 14.0. The summed E-state index contributed by atoms with van der Waals surface area (Å²) in [5.74, 6) is 1.20. The highest BCUT2D eigenvalue weighted by Gasteiger charge is 2.28. The van der Waals surface area contributed by atoms with Gasteiger partial charge in [-0.25, -0.2) is 0 Å². The SMILES string of the molecule is CCNC(=NCC(C)C)NCCCN(C)CC(F)(F)F.I. The third-order valence-corrected chi connectivity index (χ3v) is 2.42. The molecule has 4 nitrogen and oxygen atoms in total. The van der Waals surface area contributed by atoms with E-state index in [9.17, 15) is 13.2 Å². The van der Waals surface area contributed by atoms with E-state index in [1.165, 1.54) is 11.9 Å².